The van der Waals surface area contributed by atoms with E-state index in [2.05, 4.69) is 31.2 Å². The van der Waals surface area contributed by atoms with Crippen LogP contribution in [0, 0.1) is 6.92 Å². The molecule has 58 valence electrons. The van der Waals surface area contributed by atoms with E-state index in [-0.39, 0.29) is 0 Å². The van der Waals surface area contributed by atoms with Gasteiger partial charge >= 0.3 is 0 Å². The van der Waals surface area contributed by atoms with Crippen molar-refractivity contribution in [2.24, 2.45) is 0 Å². The highest BCUT2D eigenvalue weighted by molar-refractivity contribution is 6.42. The molecule has 0 fully saturated rings. The summed E-state index contributed by atoms with van der Waals surface area (Å²) in [6, 6.07) is 6.39. The molecule has 0 aliphatic heterocycles. The van der Waals surface area contributed by atoms with E-state index in [0.29, 0.717) is 0 Å². The predicted molar refractivity (Wildman–Crippen MR) is 53.2 cm³/mol. The second kappa shape index (κ2) is 2.82. The van der Waals surface area contributed by atoms with E-state index in [1.807, 2.05) is 0 Å². The minimum atomic E-state index is 0.953. The number of hydrogen-bond acceptors (Lipinski definition) is 0. The Kier molecular flexibility index (Phi) is 1.80. The Labute approximate surface area is 74.7 Å². The smallest absolute Gasteiger partial charge is 0.0929 e. The molecule has 12 heavy (non-hydrogen) atoms. The van der Waals surface area contributed by atoms with Gasteiger partial charge in [0.2, 0.25) is 0 Å². The van der Waals surface area contributed by atoms with Gasteiger partial charge in [-0.25, -0.2) is 0 Å². The SMILES string of the molecule is [B]C1=CCCc2cccc(C)c21. The van der Waals surface area contributed by atoms with Crippen LogP contribution in [-0.4, -0.2) is 7.85 Å². The molecule has 0 saturated carbocycles. The molecule has 0 bridgehead atoms. The van der Waals surface area contributed by atoms with Crippen molar-refractivity contribution in [3.63, 3.8) is 0 Å². The summed E-state index contributed by atoms with van der Waals surface area (Å²) >= 11 is 0. The third-order valence-corrected chi connectivity index (χ3v) is 2.43. The minimum absolute atomic E-state index is 0.953. The van der Waals surface area contributed by atoms with Crippen LogP contribution in [0.5, 0.6) is 0 Å². The number of benzene rings is 1. The van der Waals surface area contributed by atoms with Gasteiger partial charge in [0.15, 0.2) is 0 Å². The van der Waals surface area contributed by atoms with Gasteiger partial charge in [-0.3, -0.25) is 0 Å². The van der Waals surface area contributed by atoms with Gasteiger partial charge in [-0.2, -0.15) is 0 Å². The highest BCUT2D eigenvalue weighted by atomic mass is 14.1. The van der Waals surface area contributed by atoms with Crippen LogP contribution in [0.3, 0.4) is 0 Å². The summed E-state index contributed by atoms with van der Waals surface area (Å²) < 4.78 is 0. The third kappa shape index (κ3) is 1.10. The molecule has 1 aromatic carbocycles. The third-order valence-electron chi connectivity index (χ3n) is 2.43. The lowest BCUT2D eigenvalue weighted by Crippen LogP contribution is -2.01. The molecule has 2 radical (unpaired) electrons. The van der Waals surface area contributed by atoms with Crippen LogP contribution >= 0.6 is 0 Å². The highest BCUT2D eigenvalue weighted by Gasteiger charge is 2.09. The molecule has 1 heteroatoms. The van der Waals surface area contributed by atoms with E-state index in [4.69, 9.17) is 7.85 Å². The summed E-state index contributed by atoms with van der Waals surface area (Å²) in [5.74, 6) is 0. The fraction of sp³-hybridized carbons (Fsp3) is 0.273. The lowest BCUT2D eigenvalue weighted by molar-refractivity contribution is 0.978. The fourth-order valence-corrected chi connectivity index (χ4v) is 1.84. The number of hydrogen-bond donors (Lipinski definition) is 0. The molecule has 2 rings (SSSR count). The van der Waals surface area contributed by atoms with Crippen molar-refractivity contribution in [3.8, 4) is 0 Å². The average Bonchev–Trinajstić information content (AvgIpc) is 2.04. The Morgan fingerprint density at radius 2 is 2.17 bits per heavy atom. The number of aryl methyl sites for hydroxylation is 2. The topological polar surface area (TPSA) is 0 Å². The standard InChI is InChI=1S/C11H11B/c1-8-4-2-5-9-6-3-7-10(12)11(8)9/h2,4-5,7H,3,6H2,1H3. The lowest BCUT2D eigenvalue weighted by Gasteiger charge is -2.17. The Hall–Kier alpha value is -0.975. The van der Waals surface area contributed by atoms with Crippen molar-refractivity contribution in [2.45, 2.75) is 19.8 Å². The largest absolute Gasteiger partial charge is 0.114 e. The Bertz CT molecular complexity index is 337. The Morgan fingerprint density at radius 1 is 1.33 bits per heavy atom. The van der Waals surface area contributed by atoms with Crippen molar-refractivity contribution in [1.82, 2.24) is 0 Å². The molecule has 0 heterocycles. The molecular weight excluding hydrogens is 143 g/mol. The monoisotopic (exact) mass is 154 g/mol. The van der Waals surface area contributed by atoms with Gasteiger partial charge in [0.05, 0.1) is 0 Å². The van der Waals surface area contributed by atoms with Crippen molar-refractivity contribution < 1.29 is 0 Å². The van der Waals surface area contributed by atoms with E-state index in [0.717, 1.165) is 18.3 Å². The maximum atomic E-state index is 5.91. The quantitative estimate of drug-likeness (QED) is 0.503. The first-order valence-electron chi connectivity index (χ1n) is 4.33. The summed E-state index contributed by atoms with van der Waals surface area (Å²) in [5.41, 5.74) is 4.91. The first kappa shape index (κ1) is 7.66. The van der Waals surface area contributed by atoms with Gasteiger partial charge in [-0.15, -0.1) is 0 Å². The molecular formula is C11H11B. The van der Waals surface area contributed by atoms with E-state index in [1.165, 1.54) is 16.7 Å². The zero-order valence-corrected chi connectivity index (χ0v) is 7.30. The van der Waals surface area contributed by atoms with Crippen molar-refractivity contribution in [3.05, 3.63) is 41.0 Å². The zero-order valence-electron chi connectivity index (χ0n) is 7.30. The van der Waals surface area contributed by atoms with Gasteiger partial charge < -0.3 is 0 Å². The van der Waals surface area contributed by atoms with Crippen LogP contribution in [0.25, 0.3) is 5.47 Å². The van der Waals surface area contributed by atoms with Crippen LogP contribution in [-0.2, 0) is 6.42 Å². The summed E-state index contributed by atoms with van der Waals surface area (Å²) in [6.45, 7) is 2.12. The molecule has 0 saturated heterocycles. The van der Waals surface area contributed by atoms with Crippen molar-refractivity contribution in [1.29, 1.82) is 0 Å². The highest BCUT2D eigenvalue weighted by Crippen LogP contribution is 2.26. The molecule has 0 N–H and O–H groups in total. The van der Waals surface area contributed by atoms with Gasteiger partial charge in [-0.1, -0.05) is 29.7 Å². The summed E-state index contributed by atoms with van der Waals surface area (Å²) in [7, 11) is 5.91. The van der Waals surface area contributed by atoms with Crippen molar-refractivity contribution >= 4 is 13.3 Å². The molecule has 0 atom stereocenters. The van der Waals surface area contributed by atoms with E-state index < -0.39 is 0 Å². The second-order valence-electron chi connectivity index (χ2n) is 3.31. The Balaban J connectivity index is 2.64. The number of rotatable bonds is 0. The maximum absolute atomic E-state index is 5.91. The van der Waals surface area contributed by atoms with E-state index >= 15 is 0 Å². The second-order valence-corrected chi connectivity index (χ2v) is 3.31. The molecule has 0 spiro atoms. The first-order chi connectivity index (χ1) is 5.79. The molecule has 0 unspecified atom stereocenters. The fourth-order valence-electron chi connectivity index (χ4n) is 1.84. The molecule has 1 aromatic rings. The first-order valence-corrected chi connectivity index (χ1v) is 4.33. The summed E-state index contributed by atoms with van der Waals surface area (Å²) in [5, 5.41) is 0. The number of allylic oxidation sites excluding steroid dienone is 1. The molecule has 0 aromatic heterocycles. The molecule has 1 aliphatic rings. The average molecular weight is 154 g/mol. The molecule has 1 aliphatic carbocycles. The normalized spacial score (nSPS) is 15.2. The van der Waals surface area contributed by atoms with Crippen molar-refractivity contribution in [2.75, 3.05) is 0 Å². The Morgan fingerprint density at radius 3 is 2.92 bits per heavy atom. The lowest BCUT2D eigenvalue weighted by atomic mass is 9.78. The zero-order chi connectivity index (χ0) is 8.55. The molecule has 0 amide bonds. The van der Waals surface area contributed by atoms with E-state index in [1.54, 1.807) is 0 Å². The summed E-state index contributed by atoms with van der Waals surface area (Å²) in [4.78, 5) is 0. The van der Waals surface area contributed by atoms with Crippen LogP contribution < -0.4 is 0 Å². The van der Waals surface area contributed by atoms with Crippen LogP contribution in [0.15, 0.2) is 24.3 Å². The van der Waals surface area contributed by atoms with Gasteiger partial charge in [0.25, 0.3) is 0 Å². The van der Waals surface area contributed by atoms with Gasteiger partial charge in [0.1, 0.15) is 7.85 Å². The van der Waals surface area contributed by atoms with Crippen LogP contribution in [0.2, 0.25) is 0 Å². The van der Waals surface area contributed by atoms with E-state index in [9.17, 15) is 0 Å². The van der Waals surface area contributed by atoms with Gasteiger partial charge in [0, 0.05) is 0 Å². The summed E-state index contributed by atoms with van der Waals surface area (Å²) in [6.07, 6.45) is 4.34. The van der Waals surface area contributed by atoms with Crippen LogP contribution in [0.1, 0.15) is 23.1 Å². The van der Waals surface area contributed by atoms with Crippen LogP contribution in [0.4, 0.5) is 0 Å². The van der Waals surface area contributed by atoms with Gasteiger partial charge in [-0.05, 0) is 36.5 Å². The molecule has 0 nitrogen and oxygen atoms in total. The predicted octanol–water partition coefficient (Wildman–Crippen LogP) is 2.45. The maximum Gasteiger partial charge on any atom is 0.114 e. The minimum Gasteiger partial charge on any atom is -0.0929 e. The number of fused-ring (bicyclic) bond motifs is 1.